The Balaban J connectivity index is 1.84. The van der Waals surface area contributed by atoms with E-state index < -0.39 is 28.5 Å². The van der Waals surface area contributed by atoms with Crippen LogP contribution in [-0.4, -0.2) is 44.3 Å². The van der Waals surface area contributed by atoms with Crippen LogP contribution in [-0.2, 0) is 32.6 Å². The van der Waals surface area contributed by atoms with Gasteiger partial charge >= 0.3 is 0 Å². The molecule has 0 aromatic heterocycles. The lowest BCUT2D eigenvalue weighted by Crippen LogP contribution is -2.53. The van der Waals surface area contributed by atoms with Crippen LogP contribution < -0.4 is 9.62 Å². The van der Waals surface area contributed by atoms with E-state index in [1.165, 1.54) is 17.0 Å². The molecule has 0 heterocycles. The number of amides is 2. The molecular formula is C33H32Cl3N3O4S. The molecule has 7 nitrogen and oxygen atoms in total. The fourth-order valence-corrected chi connectivity index (χ4v) is 6.91. The van der Waals surface area contributed by atoms with Crippen LogP contribution in [0.15, 0.2) is 102 Å². The summed E-state index contributed by atoms with van der Waals surface area (Å²) in [5.41, 5.74) is 2.10. The summed E-state index contributed by atoms with van der Waals surface area (Å²) in [6, 6.07) is 25.9. The first kappa shape index (κ1) is 33.3. The van der Waals surface area contributed by atoms with Crippen molar-refractivity contribution in [3.05, 3.63) is 129 Å². The predicted octanol–water partition coefficient (Wildman–Crippen LogP) is 6.93. The zero-order valence-corrected chi connectivity index (χ0v) is 27.3. The van der Waals surface area contributed by atoms with E-state index in [2.05, 4.69) is 5.32 Å². The van der Waals surface area contributed by atoms with Crippen molar-refractivity contribution in [2.45, 2.75) is 37.8 Å². The Bertz CT molecular complexity index is 1720. The van der Waals surface area contributed by atoms with E-state index in [1.54, 1.807) is 68.4 Å². The number of hydrogen-bond acceptors (Lipinski definition) is 4. The molecule has 230 valence electrons. The van der Waals surface area contributed by atoms with E-state index in [1.807, 2.05) is 30.3 Å². The molecule has 4 rings (SSSR count). The summed E-state index contributed by atoms with van der Waals surface area (Å²) in [6.45, 7) is 3.14. The number of nitrogens with zero attached hydrogens (tertiary/aromatic N) is 2. The summed E-state index contributed by atoms with van der Waals surface area (Å²) in [5, 5.41) is 3.90. The maximum atomic E-state index is 14.5. The van der Waals surface area contributed by atoms with Gasteiger partial charge in [-0.15, -0.1) is 0 Å². The Morgan fingerprint density at radius 2 is 1.50 bits per heavy atom. The number of halogens is 3. The molecule has 1 N–H and O–H groups in total. The minimum absolute atomic E-state index is 0.00373. The molecule has 2 amide bonds. The second-order valence-electron chi connectivity index (χ2n) is 10.1. The molecule has 44 heavy (non-hydrogen) atoms. The number of hydrogen-bond donors (Lipinski definition) is 1. The average Bonchev–Trinajstić information content (AvgIpc) is 3.01. The molecule has 0 fully saturated rings. The van der Waals surface area contributed by atoms with Gasteiger partial charge in [-0.3, -0.25) is 13.9 Å². The van der Waals surface area contributed by atoms with Crippen molar-refractivity contribution in [2.75, 3.05) is 17.4 Å². The van der Waals surface area contributed by atoms with Gasteiger partial charge < -0.3 is 10.2 Å². The average molecular weight is 673 g/mol. The molecule has 0 unspecified atom stereocenters. The van der Waals surface area contributed by atoms with Crippen LogP contribution in [0.5, 0.6) is 0 Å². The third-order valence-corrected chi connectivity index (χ3v) is 9.87. The first-order valence-electron chi connectivity index (χ1n) is 13.9. The molecule has 0 saturated carbocycles. The van der Waals surface area contributed by atoms with Gasteiger partial charge in [0.05, 0.1) is 10.6 Å². The Morgan fingerprint density at radius 3 is 2.14 bits per heavy atom. The number of carbonyl (C=O) groups is 2. The van der Waals surface area contributed by atoms with Crippen LogP contribution >= 0.6 is 34.8 Å². The highest BCUT2D eigenvalue weighted by Crippen LogP contribution is 2.32. The van der Waals surface area contributed by atoms with Crippen molar-refractivity contribution in [2.24, 2.45) is 0 Å². The Morgan fingerprint density at radius 1 is 0.841 bits per heavy atom. The largest absolute Gasteiger partial charge is 0.355 e. The Kier molecular flexibility index (Phi) is 11.3. The topological polar surface area (TPSA) is 86.8 Å². The highest BCUT2D eigenvalue weighted by atomic mass is 35.5. The zero-order chi connectivity index (χ0) is 31.9. The van der Waals surface area contributed by atoms with Gasteiger partial charge in [-0.25, -0.2) is 8.42 Å². The van der Waals surface area contributed by atoms with Crippen LogP contribution in [0.4, 0.5) is 5.69 Å². The van der Waals surface area contributed by atoms with Crippen molar-refractivity contribution < 1.29 is 18.0 Å². The highest BCUT2D eigenvalue weighted by molar-refractivity contribution is 7.92. The molecule has 1 atom stereocenters. The number of carbonyl (C=O) groups excluding carboxylic acids is 2. The van der Waals surface area contributed by atoms with E-state index in [0.29, 0.717) is 32.7 Å². The van der Waals surface area contributed by atoms with Crippen molar-refractivity contribution in [1.29, 1.82) is 0 Å². The lowest BCUT2D eigenvalue weighted by atomic mass is 10.0. The van der Waals surface area contributed by atoms with E-state index in [0.717, 1.165) is 9.87 Å². The van der Waals surface area contributed by atoms with Gasteiger partial charge in [0, 0.05) is 34.6 Å². The SMILES string of the molecule is CCNC(=O)[C@@H](Cc1ccccc1)N(Cc1ccc(Cl)cc1Cl)C(=O)CN(c1cccc(Cl)c1C)S(=O)(=O)c1ccccc1. The second kappa shape index (κ2) is 14.9. The Labute approximate surface area is 273 Å². The van der Waals surface area contributed by atoms with Crippen LogP contribution in [0.25, 0.3) is 0 Å². The maximum Gasteiger partial charge on any atom is 0.264 e. The molecule has 11 heteroatoms. The number of benzene rings is 4. The van der Waals surface area contributed by atoms with E-state index in [-0.39, 0.29) is 29.5 Å². The van der Waals surface area contributed by atoms with Crippen molar-refractivity contribution >= 4 is 62.3 Å². The van der Waals surface area contributed by atoms with Crippen LogP contribution in [0.2, 0.25) is 15.1 Å². The molecule has 0 saturated heterocycles. The first-order chi connectivity index (χ1) is 21.0. The highest BCUT2D eigenvalue weighted by Gasteiger charge is 2.35. The quantitative estimate of drug-likeness (QED) is 0.177. The molecule has 0 aliphatic rings. The minimum Gasteiger partial charge on any atom is -0.355 e. The predicted molar refractivity (Wildman–Crippen MR) is 177 cm³/mol. The summed E-state index contributed by atoms with van der Waals surface area (Å²) in [5.74, 6) is -0.992. The summed E-state index contributed by atoms with van der Waals surface area (Å²) in [7, 11) is -4.24. The minimum atomic E-state index is -4.24. The van der Waals surface area contributed by atoms with E-state index in [9.17, 15) is 18.0 Å². The summed E-state index contributed by atoms with van der Waals surface area (Å²) < 4.78 is 29.2. The van der Waals surface area contributed by atoms with E-state index in [4.69, 9.17) is 34.8 Å². The first-order valence-corrected chi connectivity index (χ1v) is 16.5. The fraction of sp³-hybridized carbons (Fsp3) is 0.212. The summed E-state index contributed by atoms with van der Waals surface area (Å²) >= 11 is 19.1. The summed E-state index contributed by atoms with van der Waals surface area (Å²) in [6.07, 6.45) is 0.186. The molecule has 4 aromatic rings. The smallest absolute Gasteiger partial charge is 0.264 e. The van der Waals surface area contributed by atoms with Crippen LogP contribution in [0.3, 0.4) is 0 Å². The number of sulfonamides is 1. The van der Waals surface area contributed by atoms with Gasteiger partial charge in [-0.1, -0.05) is 95.5 Å². The lowest BCUT2D eigenvalue weighted by Gasteiger charge is -2.34. The third-order valence-electron chi connectivity index (χ3n) is 7.10. The van der Waals surface area contributed by atoms with Crippen LogP contribution in [0, 0.1) is 6.92 Å². The number of likely N-dealkylation sites (N-methyl/N-ethyl adjacent to an activating group) is 1. The molecule has 0 radical (unpaired) electrons. The van der Waals surface area contributed by atoms with Gasteiger partial charge in [0.1, 0.15) is 12.6 Å². The van der Waals surface area contributed by atoms with Gasteiger partial charge in [0.25, 0.3) is 10.0 Å². The van der Waals surface area contributed by atoms with Crippen molar-refractivity contribution in [3.8, 4) is 0 Å². The van der Waals surface area contributed by atoms with Crippen LogP contribution in [0.1, 0.15) is 23.6 Å². The molecule has 0 aliphatic carbocycles. The normalized spacial score (nSPS) is 11.9. The van der Waals surface area contributed by atoms with Gasteiger partial charge in [-0.05, 0) is 66.9 Å². The fourth-order valence-electron chi connectivity index (χ4n) is 4.78. The summed E-state index contributed by atoms with van der Waals surface area (Å²) in [4.78, 5) is 29.4. The number of nitrogens with one attached hydrogen (secondary N) is 1. The van der Waals surface area contributed by atoms with Crippen molar-refractivity contribution in [1.82, 2.24) is 10.2 Å². The second-order valence-corrected chi connectivity index (χ2v) is 13.2. The molecule has 0 bridgehead atoms. The standard InChI is InChI=1S/C33H32Cl3N3O4S/c1-3-37-33(41)31(19-24-11-6-4-7-12-24)38(21-25-17-18-26(34)20-29(25)36)32(40)22-39(30-16-10-15-28(35)23(30)2)44(42,43)27-13-8-5-9-14-27/h4-18,20,31H,3,19,21-22H2,1-2H3,(H,37,41)/t31-/m1/s1. The van der Waals surface area contributed by atoms with E-state index >= 15 is 0 Å². The molecule has 4 aromatic carbocycles. The molecule has 0 aliphatic heterocycles. The van der Waals surface area contributed by atoms with Crippen molar-refractivity contribution in [3.63, 3.8) is 0 Å². The molecular weight excluding hydrogens is 641 g/mol. The number of rotatable bonds is 12. The van der Waals surface area contributed by atoms with Gasteiger partial charge in [0.2, 0.25) is 11.8 Å². The number of anilines is 1. The van der Waals surface area contributed by atoms with Gasteiger partial charge in [-0.2, -0.15) is 0 Å². The molecule has 0 spiro atoms. The maximum absolute atomic E-state index is 14.5. The Hall–Kier alpha value is -3.56. The van der Waals surface area contributed by atoms with Gasteiger partial charge in [0.15, 0.2) is 0 Å². The zero-order valence-electron chi connectivity index (χ0n) is 24.2. The third kappa shape index (κ3) is 7.93. The monoisotopic (exact) mass is 671 g/mol. The lowest BCUT2D eigenvalue weighted by molar-refractivity contribution is -0.140.